The number of benzene rings is 1. The van der Waals surface area contributed by atoms with E-state index in [0.717, 1.165) is 44.5 Å². The number of anilines is 1. The molecule has 2 aliphatic heterocycles. The minimum Gasteiger partial charge on any atom is -0.352 e. The first-order chi connectivity index (χ1) is 12.8. The molecule has 0 spiro atoms. The number of nitrogens with zero attached hydrogens (tertiary/aromatic N) is 1. The summed E-state index contributed by atoms with van der Waals surface area (Å²) in [6.07, 6.45) is -0.691. The molecule has 2 fully saturated rings. The molecular weight excluding hydrogens is 395 g/mol. The molecule has 1 aromatic rings. The van der Waals surface area contributed by atoms with Crippen molar-refractivity contribution in [2.75, 3.05) is 31.1 Å². The number of carbonyl (C=O) groups excluding carboxylic acids is 2. The van der Waals surface area contributed by atoms with Gasteiger partial charge in [0, 0.05) is 30.8 Å². The largest absolute Gasteiger partial charge is 0.416 e. The third-order valence-electron chi connectivity index (χ3n) is 5.13. The van der Waals surface area contributed by atoms with Crippen LogP contribution in [0.25, 0.3) is 0 Å². The number of hydrogen-bond donors (Lipinski definition) is 2. The molecule has 2 aliphatic rings. The Morgan fingerprint density at radius 2 is 2.04 bits per heavy atom. The van der Waals surface area contributed by atoms with Gasteiger partial charge in [0.05, 0.1) is 5.56 Å². The molecule has 3 rings (SSSR count). The Morgan fingerprint density at radius 1 is 1.25 bits per heavy atom. The molecule has 2 saturated heterocycles. The van der Waals surface area contributed by atoms with Crippen LogP contribution in [-0.2, 0) is 11.0 Å². The fourth-order valence-electron chi connectivity index (χ4n) is 3.65. The lowest BCUT2D eigenvalue weighted by atomic mass is 9.96. The van der Waals surface area contributed by atoms with Gasteiger partial charge in [0.25, 0.3) is 5.91 Å². The van der Waals surface area contributed by atoms with Crippen LogP contribution in [0, 0.1) is 5.92 Å². The number of amides is 2. The average molecular weight is 420 g/mol. The number of alkyl halides is 3. The van der Waals surface area contributed by atoms with E-state index in [9.17, 15) is 22.8 Å². The fraction of sp³-hybridized carbons (Fsp3) is 0.579. The van der Waals surface area contributed by atoms with Crippen molar-refractivity contribution < 1.29 is 22.8 Å². The van der Waals surface area contributed by atoms with Gasteiger partial charge in [-0.3, -0.25) is 9.59 Å². The quantitative estimate of drug-likeness (QED) is 0.769. The maximum absolute atomic E-state index is 13.2. The van der Waals surface area contributed by atoms with Gasteiger partial charge in [-0.15, -0.1) is 12.4 Å². The number of piperidine rings is 1. The first-order valence-electron chi connectivity index (χ1n) is 9.36. The topological polar surface area (TPSA) is 61.4 Å². The summed E-state index contributed by atoms with van der Waals surface area (Å²) in [5.41, 5.74) is -0.850. The molecule has 156 valence electrons. The molecule has 1 unspecified atom stereocenters. The van der Waals surface area contributed by atoms with Crippen LogP contribution in [0.3, 0.4) is 0 Å². The third-order valence-corrected chi connectivity index (χ3v) is 5.13. The Kier molecular flexibility index (Phi) is 7.71. The van der Waals surface area contributed by atoms with Crippen molar-refractivity contribution in [3.63, 3.8) is 0 Å². The summed E-state index contributed by atoms with van der Waals surface area (Å²) in [4.78, 5) is 25.6. The normalized spacial score (nSPS) is 20.0. The molecule has 2 amide bonds. The van der Waals surface area contributed by atoms with Crippen molar-refractivity contribution in [3.05, 3.63) is 29.3 Å². The van der Waals surface area contributed by atoms with Gasteiger partial charge < -0.3 is 15.5 Å². The smallest absolute Gasteiger partial charge is 0.352 e. The number of halogens is 4. The predicted molar refractivity (Wildman–Crippen MR) is 103 cm³/mol. The Balaban J connectivity index is 0.00000280. The molecule has 1 aromatic carbocycles. The fourth-order valence-corrected chi connectivity index (χ4v) is 3.65. The van der Waals surface area contributed by atoms with Crippen molar-refractivity contribution in [2.45, 2.75) is 38.3 Å². The minimum absolute atomic E-state index is 0. The Morgan fingerprint density at radius 3 is 2.64 bits per heavy atom. The number of hydrogen-bond acceptors (Lipinski definition) is 3. The van der Waals surface area contributed by atoms with Crippen LogP contribution in [-0.4, -0.2) is 38.0 Å². The van der Waals surface area contributed by atoms with E-state index >= 15 is 0 Å². The van der Waals surface area contributed by atoms with E-state index < -0.39 is 17.6 Å². The van der Waals surface area contributed by atoms with Crippen molar-refractivity contribution in [1.29, 1.82) is 0 Å². The van der Waals surface area contributed by atoms with Gasteiger partial charge in [-0.25, -0.2) is 0 Å². The van der Waals surface area contributed by atoms with Crippen LogP contribution in [0.4, 0.5) is 18.9 Å². The summed E-state index contributed by atoms with van der Waals surface area (Å²) in [5.74, 6) is -0.290. The van der Waals surface area contributed by atoms with Crippen molar-refractivity contribution >= 4 is 29.9 Å². The van der Waals surface area contributed by atoms with Gasteiger partial charge in [0.15, 0.2) is 0 Å². The van der Waals surface area contributed by atoms with E-state index in [1.807, 2.05) is 0 Å². The molecule has 0 saturated carbocycles. The monoisotopic (exact) mass is 419 g/mol. The number of nitrogens with one attached hydrogen (secondary N) is 2. The molecule has 9 heteroatoms. The van der Waals surface area contributed by atoms with Crippen LogP contribution >= 0.6 is 12.4 Å². The Bertz CT molecular complexity index is 706. The highest BCUT2D eigenvalue weighted by molar-refractivity contribution is 5.99. The van der Waals surface area contributed by atoms with Crippen molar-refractivity contribution in [2.24, 2.45) is 5.92 Å². The third kappa shape index (κ3) is 5.61. The molecular formula is C19H25ClF3N3O2. The number of carbonyl (C=O) groups is 2. The van der Waals surface area contributed by atoms with E-state index in [-0.39, 0.29) is 29.6 Å². The highest BCUT2D eigenvalue weighted by atomic mass is 35.5. The Labute approximate surface area is 168 Å². The van der Waals surface area contributed by atoms with Crippen LogP contribution in [0.1, 0.15) is 48.0 Å². The summed E-state index contributed by atoms with van der Waals surface area (Å²) in [5, 5.41) is 6.01. The Hall–Kier alpha value is -1.80. The molecule has 0 bridgehead atoms. The molecule has 28 heavy (non-hydrogen) atoms. The highest BCUT2D eigenvalue weighted by Gasteiger charge is 2.33. The minimum atomic E-state index is -4.58. The van der Waals surface area contributed by atoms with Gasteiger partial charge in [-0.05, 0) is 62.9 Å². The SMILES string of the molecule is Cl.O=C(NCCC1CCCNC1)c1cc(N2CCCC2=O)cc(C(F)(F)F)c1. The van der Waals surface area contributed by atoms with E-state index in [1.54, 1.807) is 0 Å². The predicted octanol–water partition coefficient (Wildman–Crippen LogP) is 3.37. The lowest BCUT2D eigenvalue weighted by Gasteiger charge is -2.23. The molecule has 0 aliphatic carbocycles. The lowest BCUT2D eigenvalue weighted by molar-refractivity contribution is -0.137. The first kappa shape index (κ1) is 22.5. The second-order valence-electron chi connectivity index (χ2n) is 7.17. The van der Waals surface area contributed by atoms with E-state index in [2.05, 4.69) is 10.6 Å². The zero-order valence-corrected chi connectivity index (χ0v) is 16.3. The van der Waals surface area contributed by atoms with Gasteiger partial charge >= 0.3 is 6.18 Å². The zero-order chi connectivity index (χ0) is 19.4. The summed E-state index contributed by atoms with van der Waals surface area (Å²) in [6.45, 7) is 2.70. The first-order valence-corrected chi connectivity index (χ1v) is 9.36. The summed E-state index contributed by atoms with van der Waals surface area (Å²) in [6, 6.07) is 3.16. The van der Waals surface area contributed by atoms with Crippen molar-refractivity contribution in [3.8, 4) is 0 Å². The van der Waals surface area contributed by atoms with Crippen LogP contribution in [0.15, 0.2) is 18.2 Å². The number of rotatable bonds is 5. The second-order valence-corrected chi connectivity index (χ2v) is 7.17. The van der Waals surface area contributed by atoms with Gasteiger partial charge in [0.1, 0.15) is 0 Å². The lowest BCUT2D eigenvalue weighted by Crippen LogP contribution is -2.33. The summed E-state index contributed by atoms with van der Waals surface area (Å²) in [7, 11) is 0. The van der Waals surface area contributed by atoms with Crippen LogP contribution in [0.5, 0.6) is 0 Å². The summed E-state index contributed by atoms with van der Waals surface area (Å²) < 4.78 is 39.7. The van der Waals surface area contributed by atoms with E-state index in [0.29, 0.717) is 31.8 Å². The van der Waals surface area contributed by atoms with Crippen LogP contribution in [0.2, 0.25) is 0 Å². The standard InChI is InChI=1S/C19H24F3N3O2.ClH/c20-19(21,22)15-9-14(10-16(11-15)25-8-2-4-17(25)26)18(27)24-7-5-13-3-1-6-23-12-13;/h9-11,13,23H,1-8,12H2,(H,24,27);1H. The molecule has 5 nitrogen and oxygen atoms in total. The average Bonchev–Trinajstić information content (AvgIpc) is 3.07. The molecule has 2 N–H and O–H groups in total. The molecule has 0 aromatic heterocycles. The zero-order valence-electron chi connectivity index (χ0n) is 15.5. The maximum atomic E-state index is 13.2. The van der Waals surface area contributed by atoms with E-state index in [4.69, 9.17) is 0 Å². The van der Waals surface area contributed by atoms with E-state index in [1.165, 1.54) is 11.0 Å². The second kappa shape index (κ2) is 9.60. The van der Waals surface area contributed by atoms with Gasteiger partial charge in [-0.2, -0.15) is 13.2 Å². The van der Waals surface area contributed by atoms with Gasteiger partial charge in [0.2, 0.25) is 5.91 Å². The van der Waals surface area contributed by atoms with Crippen molar-refractivity contribution in [1.82, 2.24) is 10.6 Å². The maximum Gasteiger partial charge on any atom is 0.416 e. The molecule has 0 radical (unpaired) electrons. The molecule has 2 heterocycles. The van der Waals surface area contributed by atoms with Gasteiger partial charge in [-0.1, -0.05) is 0 Å². The molecule has 1 atom stereocenters. The highest BCUT2D eigenvalue weighted by Crippen LogP contribution is 2.34. The summed E-state index contributed by atoms with van der Waals surface area (Å²) >= 11 is 0. The van der Waals surface area contributed by atoms with Crippen LogP contribution < -0.4 is 15.5 Å².